The quantitative estimate of drug-likeness (QED) is 0.698. The molecule has 116 valence electrons. The second-order valence-corrected chi connectivity index (χ2v) is 5.21. The number of hydrogen-bond donors (Lipinski definition) is 1. The van der Waals surface area contributed by atoms with Crippen LogP contribution in [0.2, 0.25) is 0 Å². The van der Waals surface area contributed by atoms with Crippen molar-refractivity contribution in [3.63, 3.8) is 0 Å². The van der Waals surface area contributed by atoms with Gasteiger partial charge in [0.15, 0.2) is 11.6 Å². The number of pyridine rings is 1. The SMILES string of the molecule is CCOC(=O)c1cn(C2CC2)c2cc(F)c(F)c(N)c2c1=O. The smallest absolute Gasteiger partial charge is 0.343 e. The normalized spacial score (nSPS) is 14.3. The van der Waals surface area contributed by atoms with Crippen LogP contribution in [0.1, 0.15) is 36.2 Å². The van der Waals surface area contributed by atoms with Crippen molar-refractivity contribution in [1.82, 2.24) is 4.57 Å². The number of aromatic nitrogens is 1. The number of carbonyl (C=O) groups is 1. The van der Waals surface area contributed by atoms with Crippen LogP contribution in [0.3, 0.4) is 0 Å². The van der Waals surface area contributed by atoms with E-state index < -0.39 is 28.7 Å². The topological polar surface area (TPSA) is 74.3 Å². The van der Waals surface area contributed by atoms with Gasteiger partial charge in [-0.3, -0.25) is 4.79 Å². The standard InChI is InChI=1S/C15H14F2N2O3/c1-2-22-15(21)8-6-19(7-3-4-7)10-5-9(16)12(17)13(18)11(10)14(8)20/h5-7H,2-4,18H2,1H3. The Hall–Kier alpha value is -2.44. The highest BCUT2D eigenvalue weighted by molar-refractivity contribution is 5.98. The molecule has 2 aromatic rings. The molecule has 1 saturated carbocycles. The zero-order chi connectivity index (χ0) is 16.0. The number of halogens is 2. The summed E-state index contributed by atoms with van der Waals surface area (Å²) in [5.41, 5.74) is 4.21. The van der Waals surface area contributed by atoms with E-state index >= 15 is 0 Å². The average Bonchev–Trinajstić information content (AvgIpc) is 3.29. The molecule has 0 unspecified atom stereocenters. The van der Waals surface area contributed by atoms with Crippen LogP contribution in [0.4, 0.5) is 14.5 Å². The zero-order valence-corrected chi connectivity index (χ0v) is 11.9. The Labute approximate surface area is 124 Å². The molecule has 0 aliphatic heterocycles. The number of nitrogens with two attached hydrogens (primary N) is 1. The first-order valence-corrected chi connectivity index (χ1v) is 6.95. The predicted octanol–water partition coefficient (Wildman–Crippen LogP) is 2.37. The van der Waals surface area contributed by atoms with Gasteiger partial charge in [-0.05, 0) is 19.8 Å². The maximum absolute atomic E-state index is 13.7. The molecule has 0 spiro atoms. The van der Waals surface area contributed by atoms with E-state index in [1.807, 2.05) is 0 Å². The summed E-state index contributed by atoms with van der Waals surface area (Å²) in [6.45, 7) is 1.72. The molecule has 0 amide bonds. The number of hydrogen-bond acceptors (Lipinski definition) is 4. The number of rotatable bonds is 3. The third-order valence-electron chi connectivity index (χ3n) is 3.69. The van der Waals surface area contributed by atoms with Gasteiger partial charge in [-0.25, -0.2) is 13.6 Å². The lowest BCUT2D eigenvalue weighted by molar-refractivity contribution is 0.0524. The highest BCUT2D eigenvalue weighted by Crippen LogP contribution is 2.38. The molecule has 3 rings (SSSR count). The maximum atomic E-state index is 13.7. The van der Waals surface area contributed by atoms with Crippen LogP contribution in [0.25, 0.3) is 10.9 Å². The van der Waals surface area contributed by atoms with E-state index in [2.05, 4.69) is 0 Å². The summed E-state index contributed by atoms with van der Waals surface area (Å²) in [5.74, 6) is -3.21. The van der Waals surface area contributed by atoms with Gasteiger partial charge in [0, 0.05) is 18.3 Å². The molecule has 22 heavy (non-hydrogen) atoms. The minimum Gasteiger partial charge on any atom is -0.462 e. The van der Waals surface area contributed by atoms with Gasteiger partial charge in [-0.1, -0.05) is 0 Å². The average molecular weight is 308 g/mol. The van der Waals surface area contributed by atoms with Gasteiger partial charge in [-0.15, -0.1) is 0 Å². The summed E-state index contributed by atoms with van der Waals surface area (Å²) < 4.78 is 33.8. The molecule has 0 saturated heterocycles. The van der Waals surface area contributed by atoms with Crippen LogP contribution in [-0.4, -0.2) is 17.1 Å². The predicted molar refractivity (Wildman–Crippen MR) is 76.8 cm³/mol. The fraction of sp³-hybridized carbons (Fsp3) is 0.333. The van der Waals surface area contributed by atoms with Crippen LogP contribution < -0.4 is 11.2 Å². The molecule has 1 heterocycles. The summed E-state index contributed by atoms with van der Waals surface area (Å²) in [5, 5.41) is -0.184. The molecule has 0 bridgehead atoms. The highest BCUT2D eigenvalue weighted by atomic mass is 19.2. The molecular formula is C15H14F2N2O3. The van der Waals surface area contributed by atoms with Crippen molar-refractivity contribution in [1.29, 1.82) is 0 Å². The first-order chi connectivity index (χ1) is 10.5. The van der Waals surface area contributed by atoms with Crippen molar-refractivity contribution < 1.29 is 18.3 Å². The van der Waals surface area contributed by atoms with E-state index in [0.29, 0.717) is 0 Å². The van der Waals surface area contributed by atoms with E-state index in [4.69, 9.17) is 10.5 Å². The van der Waals surface area contributed by atoms with E-state index in [1.165, 1.54) is 6.20 Å². The molecular weight excluding hydrogens is 294 g/mol. The van der Waals surface area contributed by atoms with Gasteiger partial charge in [0.1, 0.15) is 5.56 Å². The molecule has 1 aliphatic rings. The number of ether oxygens (including phenoxy) is 1. The first-order valence-electron chi connectivity index (χ1n) is 6.95. The van der Waals surface area contributed by atoms with Gasteiger partial charge < -0.3 is 15.0 Å². The third kappa shape index (κ3) is 2.13. The van der Waals surface area contributed by atoms with Crippen LogP contribution >= 0.6 is 0 Å². The monoisotopic (exact) mass is 308 g/mol. The lowest BCUT2D eigenvalue weighted by atomic mass is 10.1. The van der Waals surface area contributed by atoms with Gasteiger partial charge in [0.2, 0.25) is 5.43 Å². The lowest BCUT2D eigenvalue weighted by Crippen LogP contribution is -2.22. The van der Waals surface area contributed by atoms with Gasteiger partial charge in [-0.2, -0.15) is 0 Å². The van der Waals surface area contributed by atoms with Crippen LogP contribution in [-0.2, 0) is 4.74 Å². The van der Waals surface area contributed by atoms with Crippen molar-refractivity contribution in [3.05, 3.63) is 39.7 Å². The number of carbonyl (C=O) groups excluding carboxylic acids is 1. The zero-order valence-electron chi connectivity index (χ0n) is 11.9. The van der Waals surface area contributed by atoms with E-state index in [9.17, 15) is 18.4 Å². The Morgan fingerprint density at radius 1 is 1.45 bits per heavy atom. The molecule has 1 aromatic carbocycles. The molecule has 1 aromatic heterocycles. The third-order valence-corrected chi connectivity index (χ3v) is 3.69. The number of esters is 1. The summed E-state index contributed by atoms with van der Waals surface area (Å²) >= 11 is 0. The minimum atomic E-state index is -1.28. The molecule has 0 radical (unpaired) electrons. The molecule has 1 aliphatic carbocycles. The van der Waals surface area contributed by atoms with Crippen LogP contribution in [0.5, 0.6) is 0 Å². The molecule has 1 fully saturated rings. The van der Waals surface area contributed by atoms with Gasteiger partial charge >= 0.3 is 5.97 Å². The second kappa shape index (κ2) is 5.08. The van der Waals surface area contributed by atoms with Gasteiger partial charge in [0.05, 0.1) is 23.2 Å². The molecule has 7 heteroatoms. The van der Waals surface area contributed by atoms with Crippen molar-refractivity contribution in [2.75, 3.05) is 12.3 Å². The molecule has 2 N–H and O–H groups in total. The van der Waals surface area contributed by atoms with Crippen molar-refractivity contribution >= 4 is 22.6 Å². The maximum Gasteiger partial charge on any atom is 0.343 e. The summed E-state index contributed by atoms with van der Waals surface area (Å²) in [7, 11) is 0. The minimum absolute atomic E-state index is 0.0422. The highest BCUT2D eigenvalue weighted by Gasteiger charge is 2.29. The Morgan fingerprint density at radius 2 is 2.14 bits per heavy atom. The molecule has 0 atom stereocenters. The van der Waals surface area contributed by atoms with Gasteiger partial charge in [0.25, 0.3) is 0 Å². The van der Waals surface area contributed by atoms with E-state index in [-0.39, 0.29) is 29.1 Å². The number of nitrogen functional groups attached to an aromatic ring is 1. The summed E-state index contributed by atoms with van der Waals surface area (Å²) in [6.07, 6.45) is 3.01. The fourth-order valence-corrected chi connectivity index (χ4v) is 2.49. The van der Waals surface area contributed by atoms with Crippen molar-refractivity contribution in [3.8, 4) is 0 Å². The summed E-state index contributed by atoms with van der Waals surface area (Å²) in [4.78, 5) is 24.4. The Balaban J connectivity index is 2.39. The van der Waals surface area contributed by atoms with E-state index in [0.717, 1.165) is 18.9 Å². The van der Waals surface area contributed by atoms with E-state index in [1.54, 1.807) is 11.5 Å². The summed E-state index contributed by atoms with van der Waals surface area (Å²) in [6, 6.07) is 0.982. The first kappa shape index (κ1) is 14.5. The number of fused-ring (bicyclic) bond motifs is 1. The van der Waals surface area contributed by atoms with Crippen LogP contribution in [0.15, 0.2) is 17.1 Å². The fourth-order valence-electron chi connectivity index (χ4n) is 2.49. The van der Waals surface area contributed by atoms with Crippen molar-refractivity contribution in [2.24, 2.45) is 0 Å². The lowest BCUT2D eigenvalue weighted by Gasteiger charge is -2.14. The Kier molecular flexibility index (Phi) is 3.35. The number of benzene rings is 1. The van der Waals surface area contributed by atoms with Crippen molar-refractivity contribution in [2.45, 2.75) is 25.8 Å². The largest absolute Gasteiger partial charge is 0.462 e. The number of anilines is 1. The Bertz CT molecular complexity index is 841. The van der Waals surface area contributed by atoms with Crippen LogP contribution in [0, 0.1) is 11.6 Å². The number of nitrogens with zero attached hydrogens (tertiary/aromatic N) is 1. The Morgan fingerprint density at radius 3 is 2.73 bits per heavy atom. The second-order valence-electron chi connectivity index (χ2n) is 5.21. The molecule has 5 nitrogen and oxygen atoms in total.